The second-order valence-corrected chi connectivity index (χ2v) is 9.74. The first-order chi connectivity index (χ1) is 14.2. The van der Waals surface area contributed by atoms with Gasteiger partial charge in [-0.3, -0.25) is 9.80 Å². The molecule has 3 aliphatic heterocycles. The summed E-state index contributed by atoms with van der Waals surface area (Å²) in [4.78, 5) is 17.6. The zero-order valence-corrected chi connectivity index (χ0v) is 18.2. The number of hydrogen-bond donors (Lipinski definition) is 1. The third-order valence-electron chi connectivity index (χ3n) is 6.44. The number of anilines is 1. The average Bonchev–Trinajstić information content (AvgIpc) is 3.09. The molecule has 3 saturated heterocycles. The lowest BCUT2D eigenvalue weighted by Gasteiger charge is -2.47. The number of likely N-dealkylation sites (tertiary alicyclic amines) is 2. The molecule has 3 aliphatic rings. The van der Waals surface area contributed by atoms with Crippen molar-refractivity contribution in [2.45, 2.75) is 25.4 Å². The van der Waals surface area contributed by atoms with E-state index < -0.39 is 0 Å². The summed E-state index contributed by atoms with van der Waals surface area (Å²) in [6, 6.07) is 2.71. The van der Waals surface area contributed by atoms with Gasteiger partial charge in [0.05, 0.1) is 23.4 Å². The second-order valence-electron chi connectivity index (χ2n) is 8.27. The second kappa shape index (κ2) is 8.61. The van der Waals surface area contributed by atoms with E-state index in [0.29, 0.717) is 17.2 Å². The first kappa shape index (κ1) is 19.9. The molecule has 0 saturated carbocycles. The molecule has 2 aromatic heterocycles. The minimum absolute atomic E-state index is 0.270. The molecule has 29 heavy (non-hydrogen) atoms. The Morgan fingerprint density at radius 3 is 2.72 bits per heavy atom. The van der Waals surface area contributed by atoms with E-state index in [1.807, 2.05) is 0 Å². The van der Waals surface area contributed by atoms with Gasteiger partial charge in [0.1, 0.15) is 0 Å². The fourth-order valence-electron chi connectivity index (χ4n) is 4.80. The maximum Gasteiger partial charge on any atom is 0.224 e. The number of piperidine rings is 1. The molecule has 0 radical (unpaired) electrons. The fraction of sp³-hybridized carbons (Fsp3) is 0.700. The van der Waals surface area contributed by atoms with E-state index in [4.69, 9.17) is 16.3 Å². The van der Waals surface area contributed by atoms with E-state index in [1.54, 1.807) is 11.3 Å². The third-order valence-corrected chi connectivity index (χ3v) is 7.71. The minimum atomic E-state index is 0.270. The van der Waals surface area contributed by atoms with Gasteiger partial charge < -0.3 is 14.7 Å². The van der Waals surface area contributed by atoms with Crippen molar-refractivity contribution in [2.75, 3.05) is 64.0 Å². The molecular formula is C20H28ClN5O2S. The van der Waals surface area contributed by atoms with Crippen LogP contribution in [0, 0.1) is 5.92 Å². The smallest absolute Gasteiger partial charge is 0.224 e. The van der Waals surface area contributed by atoms with E-state index in [0.717, 1.165) is 68.4 Å². The molecule has 0 aromatic carbocycles. The van der Waals surface area contributed by atoms with Gasteiger partial charge in [-0.25, -0.2) is 4.98 Å². The lowest BCUT2D eigenvalue weighted by Crippen LogP contribution is -2.55. The highest BCUT2D eigenvalue weighted by atomic mass is 35.5. The van der Waals surface area contributed by atoms with E-state index in [1.165, 1.54) is 24.4 Å². The van der Waals surface area contributed by atoms with Crippen LogP contribution in [0.25, 0.3) is 10.2 Å². The van der Waals surface area contributed by atoms with Crippen molar-refractivity contribution >= 4 is 39.0 Å². The summed E-state index contributed by atoms with van der Waals surface area (Å²) in [6.07, 6.45) is 2.44. The van der Waals surface area contributed by atoms with Crippen LogP contribution >= 0.6 is 22.9 Å². The molecule has 0 aliphatic carbocycles. The van der Waals surface area contributed by atoms with Crippen LogP contribution in [0.4, 0.5) is 5.82 Å². The standard InChI is InChI=1S/C20H28ClN5O2S/c21-20-22-16-10-15(29-18(16)19(23-20)26-6-8-28-9-7-26)12-24-5-2-17(14(11-24)13-27)25-3-1-4-25/h10,14,17,27H,1-9,11-13H2/t14-,17?/m1/s1. The zero-order valence-electron chi connectivity index (χ0n) is 16.6. The van der Waals surface area contributed by atoms with Gasteiger partial charge in [-0.1, -0.05) is 0 Å². The Morgan fingerprint density at radius 1 is 1.17 bits per heavy atom. The van der Waals surface area contributed by atoms with Gasteiger partial charge >= 0.3 is 0 Å². The van der Waals surface area contributed by atoms with Crippen molar-refractivity contribution < 1.29 is 9.84 Å². The summed E-state index contributed by atoms with van der Waals surface area (Å²) in [6.45, 7) is 8.68. The number of fused-ring (bicyclic) bond motifs is 1. The highest BCUT2D eigenvalue weighted by molar-refractivity contribution is 7.19. The molecule has 3 fully saturated rings. The number of ether oxygens (including phenoxy) is 1. The fourth-order valence-corrected chi connectivity index (χ4v) is 6.12. The van der Waals surface area contributed by atoms with Crippen LogP contribution in [0.2, 0.25) is 5.28 Å². The van der Waals surface area contributed by atoms with Crippen LogP contribution in [-0.4, -0.2) is 90.0 Å². The van der Waals surface area contributed by atoms with Crippen molar-refractivity contribution in [3.8, 4) is 0 Å². The van der Waals surface area contributed by atoms with Gasteiger partial charge in [0.25, 0.3) is 0 Å². The molecular weight excluding hydrogens is 410 g/mol. The van der Waals surface area contributed by atoms with Crippen LogP contribution in [0.3, 0.4) is 0 Å². The molecule has 0 spiro atoms. The Bertz CT molecular complexity index is 855. The molecule has 1 N–H and O–H groups in total. The number of morpholine rings is 1. The third kappa shape index (κ3) is 4.11. The number of aromatic nitrogens is 2. The van der Waals surface area contributed by atoms with Crippen LogP contribution < -0.4 is 4.90 Å². The largest absolute Gasteiger partial charge is 0.396 e. The van der Waals surface area contributed by atoms with E-state index in [2.05, 4.69) is 30.7 Å². The predicted molar refractivity (Wildman–Crippen MR) is 116 cm³/mol. The summed E-state index contributed by atoms with van der Waals surface area (Å²) in [5.74, 6) is 1.28. The van der Waals surface area contributed by atoms with Gasteiger partial charge in [0.2, 0.25) is 5.28 Å². The number of thiophene rings is 1. The summed E-state index contributed by atoms with van der Waals surface area (Å²) < 4.78 is 6.59. The molecule has 158 valence electrons. The van der Waals surface area contributed by atoms with Crippen molar-refractivity contribution in [3.05, 3.63) is 16.2 Å². The maximum atomic E-state index is 9.94. The van der Waals surface area contributed by atoms with Gasteiger partial charge in [-0.05, 0) is 43.6 Å². The Morgan fingerprint density at radius 2 is 2.00 bits per heavy atom. The number of aliphatic hydroxyl groups is 1. The summed E-state index contributed by atoms with van der Waals surface area (Å²) in [5, 5.41) is 10.2. The topological polar surface area (TPSA) is 65.0 Å². The number of halogens is 1. The van der Waals surface area contributed by atoms with Crippen LogP contribution in [0.15, 0.2) is 6.07 Å². The molecule has 5 heterocycles. The molecule has 7 nitrogen and oxygen atoms in total. The first-order valence-corrected chi connectivity index (χ1v) is 11.8. The average molecular weight is 438 g/mol. The van der Waals surface area contributed by atoms with Crippen molar-refractivity contribution in [1.82, 2.24) is 19.8 Å². The Hall–Kier alpha value is -1.03. The molecule has 5 rings (SSSR count). The van der Waals surface area contributed by atoms with Crippen LogP contribution in [0.5, 0.6) is 0 Å². The summed E-state index contributed by atoms with van der Waals surface area (Å²) in [7, 11) is 0. The van der Waals surface area contributed by atoms with Crippen LogP contribution in [0.1, 0.15) is 17.7 Å². The Labute approximate surface area is 180 Å². The molecule has 9 heteroatoms. The van der Waals surface area contributed by atoms with Crippen molar-refractivity contribution in [1.29, 1.82) is 0 Å². The first-order valence-electron chi connectivity index (χ1n) is 10.6. The molecule has 1 unspecified atom stereocenters. The van der Waals surface area contributed by atoms with E-state index >= 15 is 0 Å². The molecule has 0 amide bonds. The lowest BCUT2D eigenvalue weighted by molar-refractivity contribution is -0.00293. The SMILES string of the molecule is OC[C@H]1CN(Cc2cc3nc(Cl)nc(N4CCOCC4)c3s2)CCC1N1CCC1. The van der Waals surface area contributed by atoms with Gasteiger partial charge in [-0.2, -0.15) is 4.98 Å². The predicted octanol–water partition coefficient (Wildman–Crippen LogP) is 2.07. The number of rotatable bonds is 5. The molecule has 0 bridgehead atoms. The highest BCUT2D eigenvalue weighted by Gasteiger charge is 2.35. The molecule has 2 aromatic rings. The highest BCUT2D eigenvalue weighted by Crippen LogP contribution is 2.35. The zero-order chi connectivity index (χ0) is 19.8. The van der Waals surface area contributed by atoms with Gasteiger partial charge in [-0.15, -0.1) is 11.3 Å². The summed E-state index contributed by atoms with van der Waals surface area (Å²) >= 11 is 8.00. The van der Waals surface area contributed by atoms with Gasteiger partial charge in [0.15, 0.2) is 5.82 Å². The monoisotopic (exact) mass is 437 g/mol. The number of nitrogens with zero attached hydrogens (tertiary/aromatic N) is 5. The maximum absolute atomic E-state index is 9.94. The van der Waals surface area contributed by atoms with Crippen molar-refractivity contribution in [3.63, 3.8) is 0 Å². The quantitative estimate of drug-likeness (QED) is 0.718. The normalized spacial score (nSPS) is 26.8. The summed E-state index contributed by atoms with van der Waals surface area (Å²) in [5.41, 5.74) is 0.931. The van der Waals surface area contributed by atoms with E-state index in [-0.39, 0.29) is 6.61 Å². The number of hydrogen-bond acceptors (Lipinski definition) is 8. The lowest BCUT2D eigenvalue weighted by atomic mass is 9.89. The van der Waals surface area contributed by atoms with Gasteiger partial charge in [0, 0.05) is 56.2 Å². The minimum Gasteiger partial charge on any atom is -0.396 e. The molecule has 2 atom stereocenters. The number of aliphatic hydroxyl groups excluding tert-OH is 1. The van der Waals surface area contributed by atoms with Crippen LogP contribution in [-0.2, 0) is 11.3 Å². The Kier molecular flexibility index (Phi) is 5.91. The Balaban J connectivity index is 1.33. The van der Waals surface area contributed by atoms with E-state index in [9.17, 15) is 5.11 Å². The van der Waals surface area contributed by atoms with Crippen molar-refractivity contribution in [2.24, 2.45) is 5.92 Å².